The van der Waals surface area contributed by atoms with Crippen LogP contribution in [-0.2, 0) is 0 Å². The quantitative estimate of drug-likeness (QED) is 0.482. The lowest BCUT2D eigenvalue weighted by atomic mass is 9.98. The van der Waals surface area contributed by atoms with Crippen molar-refractivity contribution in [1.29, 1.82) is 0 Å². The van der Waals surface area contributed by atoms with E-state index in [2.05, 4.69) is 39.2 Å². The van der Waals surface area contributed by atoms with Crippen LogP contribution in [0.4, 0.5) is 11.5 Å². The number of likely N-dealkylation sites (tertiary alicyclic amines) is 2. The average molecular weight is 496 g/mol. The van der Waals surface area contributed by atoms with Crippen LogP contribution in [0.1, 0.15) is 25.7 Å². The smallest absolute Gasteiger partial charge is 0.145 e. The van der Waals surface area contributed by atoms with Crippen LogP contribution in [-0.4, -0.2) is 72.8 Å². The Morgan fingerprint density at radius 2 is 1.71 bits per heavy atom. The fourth-order valence-corrected chi connectivity index (χ4v) is 5.02. The summed E-state index contributed by atoms with van der Waals surface area (Å²) in [6.45, 7) is 5.02. The minimum atomic E-state index is 0.151. The molecule has 186 valence electrons. The highest BCUT2D eigenvalue weighted by molar-refractivity contribution is 6.30. The van der Waals surface area contributed by atoms with Gasteiger partial charge in [-0.05, 0) is 77.0 Å². The predicted molar refractivity (Wildman–Crippen MR) is 141 cm³/mol. The number of ether oxygens (including phenoxy) is 2. The van der Waals surface area contributed by atoms with E-state index in [4.69, 9.17) is 21.1 Å². The van der Waals surface area contributed by atoms with Gasteiger partial charge in [-0.25, -0.2) is 9.97 Å². The van der Waals surface area contributed by atoms with Crippen molar-refractivity contribution in [3.8, 4) is 11.5 Å². The Balaban J connectivity index is 1.44. The third kappa shape index (κ3) is 6.15. The summed E-state index contributed by atoms with van der Waals surface area (Å²) in [4.78, 5) is 13.9. The van der Waals surface area contributed by atoms with Crippen LogP contribution in [0.2, 0.25) is 5.02 Å². The van der Waals surface area contributed by atoms with Crippen molar-refractivity contribution in [3.05, 3.63) is 47.7 Å². The van der Waals surface area contributed by atoms with Crippen molar-refractivity contribution in [2.75, 3.05) is 52.2 Å². The average Bonchev–Trinajstić information content (AvgIpc) is 2.85. The normalized spacial score (nSPS) is 18.6. The number of nitrogens with one attached hydrogen (secondary N) is 1. The molecular weight excluding hydrogens is 462 g/mol. The summed E-state index contributed by atoms with van der Waals surface area (Å²) >= 11 is 6.21. The first-order valence-corrected chi connectivity index (χ1v) is 12.9. The zero-order chi connectivity index (χ0) is 24.2. The second kappa shape index (κ2) is 11.0. The summed E-state index contributed by atoms with van der Waals surface area (Å²) in [7, 11) is 4.34. The number of benzene rings is 2. The molecule has 2 saturated heterocycles. The molecule has 0 amide bonds. The van der Waals surface area contributed by atoms with Crippen LogP contribution in [0.15, 0.2) is 42.7 Å². The van der Waals surface area contributed by atoms with Gasteiger partial charge in [-0.1, -0.05) is 17.7 Å². The molecular formula is C27H34ClN5O2. The minimum absolute atomic E-state index is 0.151. The van der Waals surface area contributed by atoms with E-state index < -0.39 is 0 Å². The molecule has 0 unspecified atom stereocenters. The second-order valence-electron chi connectivity index (χ2n) is 9.85. The monoisotopic (exact) mass is 495 g/mol. The molecule has 1 aromatic heterocycles. The van der Waals surface area contributed by atoms with E-state index in [1.807, 2.05) is 36.4 Å². The molecule has 2 aliphatic rings. The van der Waals surface area contributed by atoms with Crippen molar-refractivity contribution in [3.63, 3.8) is 0 Å². The first kappa shape index (κ1) is 24.1. The van der Waals surface area contributed by atoms with Gasteiger partial charge >= 0.3 is 0 Å². The van der Waals surface area contributed by atoms with Crippen LogP contribution in [0.3, 0.4) is 0 Å². The molecule has 0 spiro atoms. The Kier molecular flexibility index (Phi) is 7.56. The van der Waals surface area contributed by atoms with Crippen LogP contribution in [0.5, 0.6) is 11.5 Å². The maximum atomic E-state index is 6.61. The summed E-state index contributed by atoms with van der Waals surface area (Å²) in [6.07, 6.45) is 6.04. The lowest BCUT2D eigenvalue weighted by Crippen LogP contribution is -2.35. The summed E-state index contributed by atoms with van der Waals surface area (Å²) in [6, 6.07) is 11.6. The zero-order valence-corrected chi connectivity index (χ0v) is 21.3. The highest BCUT2D eigenvalue weighted by Gasteiger charge is 2.22. The molecule has 7 nitrogen and oxygen atoms in total. The molecule has 3 heterocycles. The molecule has 5 rings (SSSR count). The maximum absolute atomic E-state index is 6.61. The third-order valence-electron chi connectivity index (χ3n) is 7.05. The lowest BCUT2D eigenvalue weighted by molar-refractivity contribution is 0.115. The fraction of sp³-hybridized carbons (Fsp3) is 0.481. The van der Waals surface area contributed by atoms with Gasteiger partial charge in [-0.15, -0.1) is 0 Å². The molecule has 35 heavy (non-hydrogen) atoms. The second-order valence-corrected chi connectivity index (χ2v) is 10.3. The minimum Gasteiger partial charge on any atom is -0.493 e. The Labute approximate surface area is 212 Å². The number of hydrogen-bond donors (Lipinski definition) is 1. The van der Waals surface area contributed by atoms with Crippen molar-refractivity contribution in [2.45, 2.75) is 31.8 Å². The summed E-state index contributed by atoms with van der Waals surface area (Å²) in [5.74, 6) is 2.83. The SMILES string of the molecule is CN1CCC(COc2cc(OC3CCN(C)CC3)c3c(Nc4cccc(Cl)c4)ncnc3c2)CC1. The molecule has 0 aliphatic carbocycles. The van der Waals surface area contributed by atoms with Gasteiger partial charge in [0.1, 0.15) is 29.7 Å². The number of nitrogens with zero attached hydrogens (tertiary/aromatic N) is 4. The Morgan fingerprint density at radius 1 is 0.971 bits per heavy atom. The number of aromatic nitrogens is 2. The van der Waals surface area contributed by atoms with Gasteiger partial charge in [-0.2, -0.15) is 0 Å². The number of anilines is 2. The predicted octanol–water partition coefficient (Wildman–Crippen LogP) is 5.22. The van der Waals surface area contributed by atoms with Gasteiger partial charge in [0, 0.05) is 35.9 Å². The van der Waals surface area contributed by atoms with Gasteiger partial charge in [0.25, 0.3) is 0 Å². The number of hydrogen-bond acceptors (Lipinski definition) is 7. The number of fused-ring (bicyclic) bond motifs is 1. The van der Waals surface area contributed by atoms with Crippen molar-refractivity contribution in [2.24, 2.45) is 5.92 Å². The maximum Gasteiger partial charge on any atom is 0.145 e. The van der Waals surface area contributed by atoms with E-state index in [-0.39, 0.29) is 6.10 Å². The summed E-state index contributed by atoms with van der Waals surface area (Å²) in [5.41, 5.74) is 1.67. The highest BCUT2D eigenvalue weighted by atomic mass is 35.5. The molecule has 2 aliphatic heterocycles. The molecule has 8 heteroatoms. The van der Waals surface area contributed by atoms with Crippen LogP contribution >= 0.6 is 11.6 Å². The molecule has 1 N–H and O–H groups in total. The van der Waals surface area contributed by atoms with Gasteiger partial charge in [0.2, 0.25) is 0 Å². The third-order valence-corrected chi connectivity index (χ3v) is 7.28. The van der Waals surface area contributed by atoms with E-state index in [1.54, 1.807) is 6.33 Å². The topological polar surface area (TPSA) is 62.8 Å². The zero-order valence-electron chi connectivity index (χ0n) is 20.5. The molecule has 2 fully saturated rings. The van der Waals surface area contributed by atoms with Crippen molar-refractivity contribution >= 4 is 34.0 Å². The van der Waals surface area contributed by atoms with E-state index in [9.17, 15) is 0 Å². The number of rotatable bonds is 7. The molecule has 0 radical (unpaired) electrons. The number of halogens is 1. The van der Waals surface area contributed by atoms with Crippen molar-refractivity contribution in [1.82, 2.24) is 19.8 Å². The molecule has 0 saturated carbocycles. The Hall–Kier alpha value is -2.61. The fourth-order valence-electron chi connectivity index (χ4n) is 4.83. The summed E-state index contributed by atoms with van der Waals surface area (Å²) < 4.78 is 12.9. The lowest BCUT2D eigenvalue weighted by Gasteiger charge is -2.30. The first-order chi connectivity index (χ1) is 17.0. The van der Waals surface area contributed by atoms with Crippen LogP contribution < -0.4 is 14.8 Å². The highest BCUT2D eigenvalue weighted by Crippen LogP contribution is 2.37. The molecule has 2 aromatic carbocycles. The van der Waals surface area contributed by atoms with Gasteiger partial charge in [0.15, 0.2) is 0 Å². The van der Waals surface area contributed by atoms with Gasteiger partial charge < -0.3 is 24.6 Å². The van der Waals surface area contributed by atoms with Gasteiger partial charge in [-0.3, -0.25) is 0 Å². The number of piperidine rings is 2. The van der Waals surface area contributed by atoms with Crippen LogP contribution in [0, 0.1) is 5.92 Å². The standard InChI is InChI=1S/C27H34ClN5O2/c1-32-10-6-19(7-11-32)17-34-23-15-24-26(25(16-23)35-22-8-12-33(2)13-9-22)27(30-18-29-24)31-21-5-3-4-20(28)14-21/h3-5,14-16,18-19,22H,6-13,17H2,1-2H3,(H,29,30,31). The van der Waals surface area contributed by atoms with E-state index in [0.29, 0.717) is 23.4 Å². The molecule has 3 aromatic rings. The molecule has 0 atom stereocenters. The first-order valence-electron chi connectivity index (χ1n) is 12.5. The van der Waals surface area contributed by atoms with Gasteiger partial charge in [0.05, 0.1) is 17.5 Å². The molecule has 0 bridgehead atoms. The van der Waals surface area contributed by atoms with E-state index >= 15 is 0 Å². The summed E-state index contributed by atoms with van der Waals surface area (Å²) in [5, 5.41) is 4.94. The Bertz CT molecular complexity index is 1140. The van der Waals surface area contributed by atoms with E-state index in [1.165, 1.54) is 12.8 Å². The Morgan fingerprint density at radius 3 is 2.46 bits per heavy atom. The largest absolute Gasteiger partial charge is 0.493 e. The van der Waals surface area contributed by atoms with Crippen LogP contribution in [0.25, 0.3) is 10.9 Å². The van der Waals surface area contributed by atoms with E-state index in [0.717, 1.165) is 67.1 Å². The van der Waals surface area contributed by atoms with Crippen molar-refractivity contribution < 1.29 is 9.47 Å².